The molecule has 1 spiro atoms. The summed E-state index contributed by atoms with van der Waals surface area (Å²) in [6.45, 7) is 4.46. The average Bonchev–Trinajstić information content (AvgIpc) is 2.47. The van der Waals surface area contributed by atoms with E-state index in [4.69, 9.17) is 9.47 Å². The highest BCUT2D eigenvalue weighted by Gasteiger charge is 2.52. The third kappa shape index (κ3) is 3.20. The fourth-order valence-corrected chi connectivity index (χ4v) is 4.42. The summed E-state index contributed by atoms with van der Waals surface area (Å²) in [6, 6.07) is 2.81. The van der Waals surface area contributed by atoms with E-state index in [2.05, 4.69) is 4.98 Å². The lowest BCUT2D eigenvalue weighted by atomic mass is 9.86. The van der Waals surface area contributed by atoms with E-state index in [1.54, 1.807) is 13.8 Å². The predicted molar refractivity (Wildman–Crippen MR) is 82.2 cm³/mol. The van der Waals surface area contributed by atoms with Gasteiger partial charge in [-0.1, -0.05) is 0 Å². The molecule has 2 aliphatic rings. The number of sulfonamides is 1. The van der Waals surface area contributed by atoms with E-state index in [-0.39, 0.29) is 12.0 Å². The monoisotopic (exact) mass is 344 g/mol. The molecule has 0 amide bonds. The minimum absolute atomic E-state index is 0.0134. The normalized spacial score (nSPS) is 24.6. The quantitative estimate of drug-likeness (QED) is 0.829. The lowest BCUT2D eigenvalue weighted by molar-refractivity contribution is -0.165. The summed E-state index contributed by atoms with van der Waals surface area (Å²) in [5, 5.41) is -0.446. The third-order valence-electron chi connectivity index (χ3n) is 4.34. The summed E-state index contributed by atoms with van der Waals surface area (Å²) < 4.78 is 50.8. The number of hydrogen-bond acceptors (Lipinski definition) is 5. The van der Waals surface area contributed by atoms with Crippen LogP contribution in [0.15, 0.2) is 18.3 Å². The number of pyridine rings is 1. The Hall–Kier alpha value is -1.25. The first-order valence-electron chi connectivity index (χ1n) is 7.72. The van der Waals surface area contributed by atoms with Gasteiger partial charge in [-0.15, -0.1) is 0 Å². The lowest BCUT2D eigenvalue weighted by Gasteiger charge is -2.52. The van der Waals surface area contributed by atoms with Gasteiger partial charge in [0.25, 0.3) is 5.88 Å². The van der Waals surface area contributed by atoms with Gasteiger partial charge in [-0.25, -0.2) is 17.8 Å². The summed E-state index contributed by atoms with van der Waals surface area (Å²) >= 11 is 0. The van der Waals surface area contributed by atoms with Crippen LogP contribution in [0.2, 0.25) is 0 Å². The van der Waals surface area contributed by atoms with Crippen LogP contribution in [0.25, 0.3) is 0 Å². The van der Waals surface area contributed by atoms with Gasteiger partial charge in [-0.05, 0) is 26.0 Å². The molecule has 1 aromatic rings. The standard InChI is InChI=1S/C15H21FN2O4S/c1-11(2)23(19,20)18-9-15(10-18)8-12(5-7-21-15)22-14-13(16)4-3-6-17-14/h3-4,6,11-12H,5,7-10H2,1-2H3/t12-/m1/s1. The molecule has 0 radical (unpaired) electrons. The van der Waals surface area contributed by atoms with E-state index in [0.717, 1.165) is 0 Å². The maximum absolute atomic E-state index is 13.6. The molecule has 0 aliphatic carbocycles. The van der Waals surface area contributed by atoms with E-state index in [1.807, 2.05) is 0 Å². The number of hydrogen-bond donors (Lipinski definition) is 0. The molecule has 0 saturated carbocycles. The van der Waals surface area contributed by atoms with Gasteiger partial charge in [0.05, 0.1) is 17.5 Å². The van der Waals surface area contributed by atoms with Crippen molar-refractivity contribution in [3.05, 3.63) is 24.1 Å². The highest BCUT2D eigenvalue weighted by Crippen LogP contribution is 2.37. The van der Waals surface area contributed by atoms with E-state index in [9.17, 15) is 12.8 Å². The average molecular weight is 344 g/mol. The molecule has 6 nitrogen and oxygen atoms in total. The largest absolute Gasteiger partial charge is 0.472 e. The van der Waals surface area contributed by atoms with Crippen molar-refractivity contribution in [2.75, 3.05) is 19.7 Å². The number of nitrogens with zero attached hydrogens (tertiary/aromatic N) is 2. The molecular weight excluding hydrogens is 323 g/mol. The van der Waals surface area contributed by atoms with Gasteiger partial charge < -0.3 is 9.47 Å². The predicted octanol–water partition coefficient (Wildman–Crippen LogP) is 1.57. The molecule has 8 heteroatoms. The van der Waals surface area contributed by atoms with Crippen LogP contribution < -0.4 is 4.74 Å². The minimum atomic E-state index is -3.26. The molecule has 0 bridgehead atoms. The van der Waals surface area contributed by atoms with Crippen LogP contribution in [0, 0.1) is 5.82 Å². The second kappa shape index (κ2) is 5.99. The van der Waals surface area contributed by atoms with Crippen molar-refractivity contribution in [2.24, 2.45) is 0 Å². The molecule has 128 valence electrons. The van der Waals surface area contributed by atoms with Crippen LogP contribution in [0.5, 0.6) is 5.88 Å². The smallest absolute Gasteiger partial charge is 0.250 e. The van der Waals surface area contributed by atoms with Gasteiger partial charge in [0.15, 0.2) is 5.82 Å². The third-order valence-corrected chi connectivity index (χ3v) is 6.50. The Morgan fingerprint density at radius 1 is 1.48 bits per heavy atom. The zero-order chi connectivity index (χ0) is 16.7. The summed E-state index contributed by atoms with van der Waals surface area (Å²) in [5.41, 5.74) is -0.518. The van der Waals surface area contributed by atoms with E-state index in [1.165, 1.54) is 22.6 Å². The summed E-state index contributed by atoms with van der Waals surface area (Å²) in [4.78, 5) is 3.90. The molecule has 3 rings (SSSR count). The van der Waals surface area contributed by atoms with Crippen LogP contribution in [-0.2, 0) is 14.8 Å². The summed E-state index contributed by atoms with van der Waals surface area (Å²) in [5.74, 6) is -0.508. The van der Waals surface area contributed by atoms with Gasteiger partial charge in [0, 0.05) is 32.1 Å². The first kappa shape index (κ1) is 16.6. The molecule has 1 aromatic heterocycles. The first-order valence-corrected chi connectivity index (χ1v) is 9.23. The number of rotatable bonds is 4. The van der Waals surface area contributed by atoms with Crippen LogP contribution in [0.3, 0.4) is 0 Å². The van der Waals surface area contributed by atoms with Crippen LogP contribution in [0.4, 0.5) is 4.39 Å². The van der Waals surface area contributed by atoms with Gasteiger partial charge in [0.2, 0.25) is 10.0 Å². The number of ether oxygens (including phenoxy) is 2. The highest BCUT2D eigenvalue weighted by molar-refractivity contribution is 7.89. The Labute approximate surface area is 135 Å². The second-order valence-electron chi connectivity index (χ2n) is 6.42. The maximum atomic E-state index is 13.6. The van der Waals surface area contributed by atoms with Crippen molar-refractivity contribution in [3.8, 4) is 5.88 Å². The molecule has 23 heavy (non-hydrogen) atoms. The molecule has 0 unspecified atom stereocenters. The van der Waals surface area contributed by atoms with E-state index >= 15 is 0 Å². The van der Waals surface area contributed by atoms with Gasteiger partial charge in [0.1, 0.15) is 6.10 Å². The maximum Gasteiger partial charge on any atom is 0.250 e. The van der Waals surface area contributed by atoms with Gasteiger partial charge >= 0.3 is 0 Å². The van der Waals surface area contributed by atoms with Crippen LogP contribution in [0.1, 0.15) is 26.7 Å². The SMILES string of the molecule is CC(C)S(=O)(=O)N1CC2(C[C@H](Oc3ncccc3F)CCO2)C1. The van der Waals surface area contributed by atoms with Gasteiger partial charge in [-0.2, -0.15) is 4.31 Å². The van der Waals surface area contributed by atoms with Crippen molar-refractivity contribution < 1.29 is 22.3 Å². The molecule has 1 atom stereocenters. The number of halogens is 1. The molecule has 0 N–H and O–H groups in total. The first-order chi connectivity index (χ1) is 10.8. The fraction of sp³-hybridized carbons (Fsp3) is 0.667. The zero-order valence-electron chi connectivity index (χ0n) is 13.2. The molecule has 0 aromatic carbocycles. The minimum Gasteiger partial charge on any atom is -0.472 e. The van der Waals surface area contributed by atoms with Crippen molar-refractivity contribution in [1.82, 2.24) is 9.29 Å². The summed E-state index contributed by atoms with van der Waals surface area (Å²) in [6.07, 6.45) is 2.42. The summed E-state index contributed by atoms with van der Waals surface area (Å²) in [7, 11) is -3.26. The van der Waals surface area contributed by atoms with Gasteiger partial charge in [-0.3, -0.25) is 0 Å². The highest BCUT2D eigenvalue weighted by atomic mass is 32.2. The zero-order valence-corrected chi connectivity index (χ0v) is 14.1. The number of aromatic nitrogens is 1. The van der Waals surface area contributed by atoms with Crippen molar-refractivity contribution in [1.29, 1.82) is 0 Å². The Kier molecular flexibility index (Phi) is 4.33. The van der Waals surface area contributed by atoms with Crippen molar-refractivity contribution >= 4 is 10.0 Å². The Bertz CT molecular complexity index is 674. The second-order valence-corrected chi connectivity index (χ2v) is 8.91. The molecule has 2 aliphatic heterocycles. The Morgan fingerprint density at radius 2 is 2.22 bits per heavy atom. The van der Waals surface area contributed by atoms with Crippen LogP contribution in [-0.4, -0.2) is 54.4 Å². The van der Waals surface area contributed by atoms with E-state index < -0.39 is 26.7 Å². The molecule has 2 saturated heterocycles. The molecule has 2 fully saturated rings. The molecule has 3 heterocycles. The van der Waals surface area contributed by atoms with Crippen LogP contribution >= 0.6 is 0 Å². The fourth-order valence-electron chi connectivity index (χ4n) is 2.99. The van der Waals surface area contributed by atoms with E-state index in [0.29, 0.717) is 32.5 Å². The van der Waals surface area contributed by atoms with Crippen molar-refractivity contribution in [2.45, 2.75) is 43.6 Å². The topological polar surface area (TPSA) is 68.7 Å². The Balaban J connectivity index is 1.63. The lowest BCUT2D eigenvalue weighted by Crippen LogP contribution is -2.68. The Morgan fingerprint density at radius 3 is 2.87 bits per heavy atom. The van der Waals surface area contributed by atoms with Crippen molar-refractivity contribution in [3.63, 3.8) is 0 Å². The molecular formula is C15H21FN2O4S.